The molecule has 1 amide bonds. The van der Waals surface area contributed by atoms with Crippen molar-refractivity contribution in [3.8, 4) is 28.5 Å². The van der Waals surface area contributed by atoms with Gasteiger partial charge in [-0.25, -0.2) is 24.3 Å². The molecule has 0 saturated carbocycles. The fourth-order valence-corrected chi connectivity index (χ4v) is 7.42. The Labute approximate surface area is 277 Å². The zero-order valence-electron chi connectivity index (χ0n) is 26.6. The normalized spacial score (nSPS) is 15.7. The molecule has 4 aromatic heterocycles. The molecule has 240 valence electrons. The van der Waals surface area contributed by atoms with Gasteiger partial charge in [0.1, 0.15) is 39.7 Å². The highest BCUT2D eigenvalue weighted by Crippen LogP contribution is 2.37. The molecule has 10 nitrogen and oxygen atoms in total. The Hall–Kier alpha value is -4.73. The van der Waals surface area contributed by atoms with Crippen LogP contribution in [0.5, 0.6) is 0 Å². The second-order valence-corrected chi connectivity index (χ2v) is 13.2. The van der Waals surface area contributed by atoms with Crippen LogP contribution in [0.1, 0.15) is 54.9 Å². The number of nitrogens with zero attached hydrogens (tertiary/aromatic N) is 9. The van der Waals surface area contributed by atoms with Gasteiger partial charge in [0.25, 0.3) is 0 Å². The number of amides is 1. The average molecular weight is 650 g/mol. The third kappa shape index (κ3) is 6.21. The third-order valence-electron chi connectivity index (χ3n) is 9.21. The van der Waals surface area contributed by atoms with Gasteiger partial charge in [0.15, 0.2) is 5.13 Å². The van der Waals surface area contributed by atoms with Crippen LogP contribution >= 0.6 is 11.3 Å². The van der Waals surface area contributed by atoms with Crippen molar-refractivity contribution in [3.05, 3.63) is 77.2 Å². The number of anilines is 2. The van der Waals surface area contributed by atoms with Crippen LogP contribution in [0, 0.1) is 17.1 Å². The van der Waals surface area contributed by atoms with Crippen molar-refractivity contribution < 1.29 is 9.18 Å². The predicted molar refractivity (Wildman–Crippen MR) is 180 cm³/mol. The Bertz CT molecular complexity index is 1930. The Morgan fingerprint density at radius 2 is 1.70 bits per heavy atom. The highest BCUT2D eigenvalue weighted by Gasteiger charge is 2.27. The summed E-state index contributed by atoms with van der Waals surface area (Å²) in [6, 6.07) is 12.3. The summed E-state index contributed by atoms with van der Waals surface area (Å²) in [5.74, 6) is 1.91. The molecule has 0 atom stereocenters. The minimum absolute atomic E-state index is 0.255. The van der Waals surface area contributed by atoms with E-state index in [9.17, 15) is 14.4 Å². The first-order chi connectivity index (χ1) is 22.9. The number of thiazole rings is 1. The van der Waals surface area contributed by atoms with Gasteiger partial charge in [-0.15, -0.1) is 0 Å². The molecule has 0 N–H and O–H groups in total. The molecule has 12 heteroatoms. The minimum atomic E-state index is -0.336. The van der Waals surface area contributed by atoms with E-state index in [0.717, 1.165) is 86.0 Å². The van der Waals surface area contributed by atoms with Gasteiger partial charge in [-0.05, 0) is 81.6 Å². The van der Waals surface area contributed by atoms with Crippen molar-refractivity contribution in [3.63, 3.8) is 0 Å². The monoisotopic (exact) mass is 649 g/mol. The van der Waals surface area contributed by atoms with Gasteiger partial charge in [0, 0.05) is 61.3 Å². The lowest BCUT2D eigenvalue weighted by molar-refractivity contribution is -0.131. The van der Waals surface area contributed by atoms with E-state index >= 15 is 0 Å². The first kappa shape index (κ1) is 30.9. The summed E-state index contributed by atoms with van der Waals surface area (Å²) in [6.07, 6.45) is 10.7. The number of hydrogen-bond acceptors (Lipinski definition) is 9. The molecule has 2 aliphatic rings. The number of fused-ring (bicyclic) bond motifs is 1. The second kappa shape index (κ2) is 13.2. The molecule has 5 aromatic rings. The fraction of sp³-hybridized carbons (Fsp3) is 0.371. The summed E-state index contributed by atoms with van der Waals surface area (Å²) in [7, 11) is 1.93. The number of hydrogen-bond donors (Lipinski definition) is 0. The van der Waals surface area contributed by atoms with Gasteiger partial charge in [-0.2, -0.15) is 5.26 Å². The van der Waals surface area contributed by atoms with E-state index in [2.05, 4.69) is 17.9 Å². The van der Waals surface area contributed by atoms with Crippen LogP contribution in [-0.2, 0) is 11.2 Å². The second-order valence-electron chi connectivity index (χ2n) is 12.2. The summed E-state index contributed by atoms with van der Waals surface area (Å²) >= 11 is 1.29. The Balaban J connectivity index is 1.10. The molecule has 0 bridgehead atoms. The maximum Gasteiger partial charge on any atom is 0.236 e. The van der Waals surface area contributed by atoms with Crippen molar-refractivity contribution in [1.29, 1.82) is 5.26 Å². The van der Waals surface area contributed by atoms with Crippen molar-refractivity contribution >= 4 is 33.8 Å². The van der Waals surface area contributed by atoms with E-state index in [0.29, 0.717) is 34.2 Å². The number of imidazole rings is 1. The minimum Gasteiger partial charge on any atom is -0.342 e. The summed E-state index contributed by atoms with van der Waals surface area (Å²) in [6.45, 7) is 6.13. The standard InChI is InChI=1S/C35H36FN9OS/c1-3-28-34(42(2)35-41-32(29(18-37)47-35)23-6-9-27(36)10-7-23)45-21-25(8-11-30(45)40-28)26-19-38-33(39-20-26)24-12-16-43(17-13-24)22-31(46)44-14-4-5-15-44/h6-11,19-21,24H,3-5,12-17,22H2,1-2H3. The van der Waals surface area contributed by atoms with Crippen molar-refractivity contribution in [1.82, 2.24) is 34.1 Å². The van der Waals surface area contributed by atoms with Crippen LogP contribution in [-0.4, -0.2) is 79.8 Å². The summed E-state index contributed by atoms with van der Waals surface area (Å²) in [5, 5.41) is 10.5. The molecule has 7 rings (SSSR count). The number of rotatable bonds is 8. The number of aryl methyl sites for hydroxylation is 1. The van der Waals surface area contributed by atoms with Crippen LogP contribution in [0.25, 0.3) is 28.0 Å². The Kier molecular flexibility index (Phi) is 8.66. The van der Waals surface area contributed by atoms with Gasteiger partial charge in [-0.3, -0.25) is 14.1 Å². The van der Waals surface area contributed by atoms with E-state index in [1.165, 1.54) is 23.5 Å². The number of pyridine rings is 1. The molecule has 2 aliphatic heterocycles. The van der Waals surface area contributed by atoms with Crippen molar-refractivity contribution in [2.45, 2.75) is 44.9 Å². The molecule has 2 saturated heterocycles. The van der Waals surface area contributed by atoms with Gasteiger partial charge >= 0.3 is 0 Å². The smallest absolute Gasteiger partial charge is 0.236 e. The van der Waals surface area contributed by atoms with Crippen LogP contribution < -0.4 is 4.90 Å². The largest absolute Gasteiger partial charge is 0.342 e. The molecule has 0 spiro atoms. The lowest BCUT2D eigenvalue weighted by atomic mass is 9.95. The number of carbonyl (C=O) groups is 1. The number of piperidine rings is 1. The zero-order chi connectivity index (χ0) is 32.5. The Morgan fingerprint density at radius 3 is 2.38 bits per heavy atom. The van der Waals surface area contributed by atoms with Gasteiger partial charge in [0.2, 0.25) is 5.91 Å². The van der Waals surface area contributed by atoms with Crippen molar-refractivity contribution in [2.75, 3.05) is 44.7 Å². The number of nitriles is 1. The average Bonchev–Trinajstić information content (AvgIpc) is 3.88. The molecule has 1 aromatic carbocycles. The number of halogens is 1. The van der Waals surface area contributed by atoms with E-state index in [1.807, 2.05) is 52.0 Å². The van der Waals surface area contributed by atoms with Crippen molar-refractivity contribution in [2.24, 2.45) is 0 Å². The lowest BCUT2D eigenvalue weighted by Crippen LogP contribution is -2.42. The van der Waals surface area contributed by atoms with E-state index < -0.39 is 0 Å². The van der Waals surface area contributed by atoms with Gasteiger partial charge in [0.05, 0.1) is 12.2 Å². The molecule has 2 fully saturated rings. The molecule has 0 unspecified atom stereocenters. The maximum atomic E-state index is 13.6. The van der Waals surface area contributed by atoms with E-state index in [1.54, 1.807) is 12.1 Å². The Morgan fingerprint density at radius 1 is 1.00 bits per heavy atom. The summed E-state index contributed by atoms with van der Waals surface area (Å²) < 4.78 is 15.6. The topological polar surface area (TPSA) is 107 Å². The molecule has 47 heavy (non-hydrogen) atoms. The number of benzene rings is 1. The fourth-order valence-electron chi connectivity index (χ4n) is 6.57. The summed E-state index contributed by atoms with van der Waals surface area (Å²) in [5.41, 5.74) is 4.79. The number of likely N-dealkylation sites (tertiary alicyclic amines) is 2. The van der Waals surface area contributed by atoms with E-state index in [-0.39, 0.29) is 17.6 Å². The quantitative estimate of drug-likeness (QED) is 0.200. The SMILES string of the molecule is CCc1nc2ccc(-c3cnc(C4CCN(CC(=O)N5CCCC5)CC4)nc3)cn2c1N(C)c1nc(-c2ccc(F)cc2)c(C#N)s1. The van der Waals surface area contributed by atoms with Gasteiger partial charge in [-0.1, -0.05) is 18.3 Å². The highest BCUT2D eigenvalue weighted by molar-refractivity contribution is 7.16. The first-order valence-electron chi connectivity index (χ1n) is 16.2. The van der Waals surface area contributed by atoms with Crippen LogP contribution in [0.15, 0.2) is 55.0 Å². The molecular weight excluding hydrogens is 614 g/mol. The van der Waals surface area contributed by atoms with Gasteiger partial charge < -0.3 is 9.80 Å². The highest BCUT2D eigenvalue weighted by atomic mass is 32.1. The third-order valence-corrected chi connectivity index (χ3v) is 10.2. The van der Waals surface area contributed by atoms with Crippen LogP contribution in [0.3, 0.4) is 0 Å². The number of aromatic nitrogens is 5. The zero-order valence-corrected chi connectivity index (χ0v) is 27.4. The first-order valence-corrected chi connectivity index (χ1v) is 17.0. The number of carbonyl (C=O) groups excluding carboxylic acids is 1. The maximum absolute atomic E-state index is 13.6. The lowest BCUT2D eigenvalue weighted by Gasteiger charge is -2.31. The predicted octanol–water partition coefficient (Wildman–Crippen LogP) is 6.06. The molecular formula is C35H36FN9OS. The summed E-state index contributed by atoms with van der Waals surface area (Å²) in [4.78, 5) is 38.5. The van der Waals surface area contributed by atoms with Crippen LogP contribution in [0.2, 0.25) is 0 Å². The molecule has 6 heterocycles. The van der Waals surface area contributed by atoms with E-state index in [4.69, 9.17) is 19.9 Å². The van der Waals surface area contributed by atoms with Crippen LogP contribution in [0.4, 0.5) is 15.3 Å². The molecule has 0 radical (unpaired) electrons. The molecule has 0 aliphatic carbocycles.